The first-order valence-electron chi connectivity index (χ1n) is 8.43. The highest BCUT2D eigenvalue weighted by atomic mass is 16.7. The van der Waals surface area contributed by atoms with Gasteiger partial charge in [0.15, 0.2) is 0 Å². The van der Waals surface area contributed by atoms with Crippen molar-refractivity contribution in [2.45, 2.75) is 39.2 Å². The lowest BCUT2D eigenvalue weighted by atomic mass is 10.2. The van der Waals surface area contributed by atoms with Gasteiger partial charge in [-0.2, -0.15) is 0 Å². The van der Waals surface area contributed by atoms with Gasteiger partial charge >= 0.3 is 18.2 Å². The number of esters is 1. The van der Waals surface area contributed by atoms with Gasteiger partial charge in [0.05, 0.1) is 20.3 Å². The van der Waals surface area contributed by atoms with E-state index in [1.165, 1.54) is 19.2 Å². The number of ether oxygens (including phenoxy) is 4. The zero-order valence-corrected chi connectivity index (χ0v) is 15.3. The van der Waals surface area contributed by atoms with Crippen LogP contribution in [0.25, 0.3) is 0 Å². The Hall–Kier alpha value is -2.77. The SMILES string of the molecule is CCCCOC(=O)NC(C)CCOC(=O)Oc1ccccc1C(=O)OC. The zero-order valence-electron chi connectivity index (χ0n) is 15.3. The van der Waals surface area contributed by atoms with Crippen LogP contribution in [0, 0.1) is 0 Å². The van der Waals surface area contributed by atoms with Gasteiger partial charge in [0.2, 0.25) is 0 Å². The van der Waals surface area contributed by atoms with Gasteiger partial charge in [-0.25, -0.2) is 14.4 Å². The maximum Gasteiger partial charge on any atom is 0.513 e. The fraction of sp³-hybridized carbons (Fsp3) is 0.500. The summed E-state index contributed by atoms with van der Waals surface area (Å²) in [6.07, 6.45) is 0.692. The number of amides is 1. The molecule has 8 nitrogen and oxygen atoms in total. The van der Waals surface area contributed by atoms with E-state index >= 15 is 0 Å². The molecule has 1 rings (SSSR count). The van der Waals surface area contributed by atoms with E-state index in [-0.39, 0.29) is 24.0 Å². The predicted molar refractivity (Wildman–Crippen MR) is 93.2 cm³/mol. The Kier molecular flexibility index (Phi) is 9.59. The fourth-order valence-corrected chi connectivity index (χ4v) is 1.90. The average Bonchev–Trinajstić information content (AvgIpc) is 2.61. The van der Waals surface area contributed by atoms with Gasteiger partial charge in [0, 0.05) is 12.5 Å². The van der Waals surface area contributed by atoms with Crippen molar-refractivity contribution in [3.8, 4) is 5.75 Å². The summed E-state index contributed by atoms with van der Waals surface area (Å²) in [5.74, 6) is -0.567. The first kappa shape index (κ1) is 21.3. The van der Waals surface area contributed by atoms with Crippen LogP contribution in [0.3, 0.4) is 0 Å². The summed E-state index contributed by atoms with van der Waals surface area (Å²) in [6, 6.07) is 5.94. The molecule has 1 aromatic rings. The molecule has 1 unspecified atom stereocenters. The van der Waals surface area contributed by atoms with E-state index in [1.807, 2.05) is 6.92 Å². The summed E-state index contributed by atoms with van der Waals surface area (Å²) in [6.45, 7) is 4.18. The topological polar surface area (TPSA) is 100 Å². The van der Waals surface area contributed by atoms with Crippen molar-refractivity contribution in [2.24, 2.45) is 0 Å². The molecule has 0 saturated carbocycles. The van der Waals surface area contributed by atoms with E-state index in [0.29, 0.717) is 13.0 Å². The summed E-state index contributed by atoms with van der Waals surface area (Å²) >= 11 is 0. The number of para-hydroxylation sites is 1. The van der Waals surface area contributed by atoms with Gasteiger partial charge in [-0.15, -0.1) is 0 Å². The van der Waals surface area contributed by atoms with E-state index in [0.717, 1.165) is 12.8 Å². The highest BCUT2D eigenvalue weighted by molar-refractivity contribution is 5.93. The Balaban J connectivity index is 2.35. The van der Waals surface area contributed by atoms with Crippen LogP contribution in [0.4, 0.5) is 9.59 Å². The van der Waals surface area contributed by atoms with Crippen LogP contribution in [0.2, 0.25) is 0 Å². The van der Waals surface area contributed by atoms with Crippen molar-refractivity contribution in [2.75, 3.05) is 20.3 Å². The molecular weight excluding hydrogens is 342 g/mol. The van der Waals surface area contributed by atoms with Crippen molar-refractivity contribution in [1.29, 1.82) is 0 Å². The number of alkyl carbamates (subject to hydrolysis) is 1. The van der Waals surface area contributed by atoms with E-state index < -0.39 is 18.2 Å². The van der Waals surface area contributed by atoms with Crippen LogP contribution < -0.4 is 10.1 Å². The summed E-state index contributed by atoms with van der Waals surface area (Å²) in [5.41, 5.74) is 0.122. The largest absolute Gasteiger partial charge is 0.513 e. The molecule has 26 heavy (non-hydrogen) atoms. The van der Waals surface area contributed by atoms with Crippen molar-refractivity contribution < 1.29 is 33.3 Å². The number of unbranched alkanes of at least 4 members (excludes halogenated alkanes) is 1. The quantitative estimate of drug-likeness (QED) is 0.309. The molecule has 1 atom stereocenters. The molecule has 1 aromatic carbocycles. The molecule has 0 aliphatic rings. The molecule has 0 heterocycles. The van der Waals surface area contributed by atoms with Gasteiger partial charge in [-0.05, 0) is 25.5 Å². The Morgan fingerprint density at radius 3 is 2.54 bits per heavy atom. The Morgan fingerprint density at radius 1 is 1.12 bits per heavy atom. The molecule has 0 radical (unpaired) electrons. The van der Waals surface area contributed by atoms with Crippen LogP contribution in [-0.4, -0.2) is 44.6 Å². The average molecular weight is 367 g/mol. The second-order valence-electron chi connectivity index (χ2n) is 5.51. The minimum atomic E-state index is -0.945. The van der Waals surface area contributed by atoms with Crippen molar-refractivity contribution in [3.05, 3.63) is 29.8 Å². The first-order valence-corrected chi connectivity index (χ1v) is 8.43. The van der Waals surface area contributed by atoms with Crippen LogP contribution in [-0.2, 0) is 14.2 Å². The lowest BCUT2D eigenvalue weighted by Gasteiger charge is -2.14. The molecule has 0 aliphatic carbocycles. The molecule has 0 saturated heterocycles. The van der Waals surface area contributed by atoms with Gasteiger partial charge in [0.25, 0.3) is 0 Å². The Labute approximate surface area is 152 Å². The van der Waals surface area contributed by atoms with Crippen LogP contribution in [0.5, 0.6) is 5.75 Å². The van der Waals surface area contributed by atoms with Gasteiger partial charge < -0.3 is 24.3 Å². The van der Waals surface area contributed by atoms with E-state index in [2.05, 4.69) is 10.1 Å². The molecule has 0 aromatic heterocycles. The first-order chi connectivity index (χ1) is 12.5. The highest BCUT2D eigenvalue weighted by Crippen LogP contribution is 2.19. The third-order valence-corrected chi connectivity index (χ3v) is 3.35. The number of hydrogen-bond donors (Lipinski definition) is 1. The molecule has 0 fully saturated rings. The molecular formula is C18H25NO7. The van der Waals surface area contributed by atoms with Gasteiger partial charge in [0.1, 0.15) is 11.3 Å². The van der Waals surface area contributed by atoms with Crippen LogP contribution >= 0.6 is 0 Å². The smallest absolute Gasteiger partial charge is 0.465 e. The number of carbonyl (C=O) groups excluding carboxylic acids is 3. The normalized spacial score (nSPS) is 11.2. The molecule has 144 valence electrons. The molecule has 8 heteroatoms. The minimum Gasteiger partial charge on any atom is -0.465 e. The number of methoxy groups -OCH3 is 1. The molecule has 1 amide bonds. The number of hydrogen-bond acceptors (Lipinski definition) is 7. The summed E-state index contributed by atoms with van der Waals surface area (Å²) < 4.78 is 19.6. The van der Waals surface area contributed by atoms with Crippen molar-refractivity contribution in [1.82, 2.24) is 5.32 Å². The number of carbonyl (C=O) groups is 3. The summed E-state index contributed by atoms with van der Waals surface area (Å²) in [5, 5.41) is 2.64. The summed E-state index contributed by atoms with van der Waals surface area (Å²) in [4.78, 5) is 34.8. The number of benzene rings is 1. The van der Waals surface area contributed by atoms with Gasteiger partial charge in [-0.1, -0.05) is 25.5 Å². The predicted octanol–water partition coefficient (Wildman–Crippen LogP) is 3.29. The lowest BCUT2D eigenvalue weighted by molar-refractivity contribution is 0.0594. The van der Waals surface area contributed by atoms with Crippen LogP contribution in [0.1, 0.15) is 43.5 Å². The van der Waals surface area contributed by atoms with E-state index in [4.69, 9.17) is 14.2 Å². The lowest BCUT2D eigenvalue weighted by Crippen LogP contribution is -2.34. The molecule has 0 aliphatic heterocycles. The fourth-order valence-electron chi connectivity index (χ4n) is 1.90. The summed E-state index contributed by atoms with van der Waals surface area (Å²) in [7, 11) is 1.24. The molecule has 1 N–H and O–H groups in total. The van der Waals surface area contributed by atoms with Crippen molar-refractivity contribution >= 4 is 18.2 Å². The van der Waals surface area contributed by atoms with Crippen molar-refractivity contribution in [3.63, 3.8) is 0 Å². The maximum atomic E-state index is 11.7. The molecule has 0 bridgehead atoms. The Morgan fingerprint density at radius 2 is 1.85 bits per heavy atom. The monoisotopic (exact) mass is 367 g/mol. The zero-order chi connectivity index (χ0) is 19.4. The number of rotatable bonds is 9. The second-order valence-corrected chi connectivity index (χ2v) is 5.51. The number of nitrogens with one attached hydrogen (secondary N) is 1. The highest BCUT2D eigenvalue weighted by Gasteiger charge is 2.16. The van der Waals surface area contributed by atoms with Gasteiger partial charge in [-0.3, -0.25) is 0 Å². The Bertz CT molecular complexity index is 603. The maximum absolute atomic E-state index is 11.7. The van der Waals surface area contributed by atoms with E-state index in [9.17, 15) is 14.4 Å². The molecule has 0 spiro atoms. The standard InChI is InChI=1S/C18H25NO7/c1-4-5-11-24-17(21)19-13(2)10-12-25-18(22)26-15-9-7-6-8-14(15)16(20)23-3/h6-9,13H,4-5,10-12H2,1-3H3,(H,19,21). The van der Waals surface area contributed by atoms with Crippen LogP contribution in [0.15, 0.2) is 24.3 Å². The third kappa shape index (κ3) is 7.87. The third-order valence-electron chi connectivity index (χ3n) is 3.35. The minimum absolute atomic E-state index is 0.0373. The second kappa shape index (κ2) is 11.7. The van der Waals surface area contributed by atoms with E-state index in [1.54, 1.807) is 19.1 Å².